The maximum Gasteiger partial charge on any atom is 0.120 e. The zero-order valence-corrected chi connectivity index (χ0v) is 10.9. The quantitative estimate of drug-likeness (QED) is 0.845. The molecule has 1 unspecified atom stereocenters. The van der Waals surface area contributed by atoms with Crippen molar-refractivity contribution in [1.29, 1.82) is 0 Å². The molecule has 1 aromatic rings. The van der Waals surface area contributed by atoms with Crippen LogP contribution in [-0.4, -0.2) is 11.2 Å². The highest BCUT2D eigenvalue weighted by atomic mass is 16.5. The highest BCUT2D eigenvalue weighted by Gasteiger charge is 2.33. The zero-order chi connectivity index (χ0) is 12.5. The topological polar surface area (TPSA) is 29.5 Å². The molecule has 1 aromatic carbocycles. The lowest BCUT2D eigenvalue weighted by Crippen LogP contribution is -2.22. The molecule has 0 bridgehead atoms. The molecule has 1 saturated carbocycles. The van der Waals surface area contributed by atoms with Crippen molar-refractivity contribution in [1.82, 2.24) is 0 Å². The molecule has 2 rings (SSSR count). The average Bonchev–Trinajstić information content (AvgIpc) is 3.00. The molecule has 2 nitrogen and oxygen atoms in total. The first-order valence-corrected chi connectivity index (χ1v) is 6.47. The molecule has 94 valence electrons. The van der Waals surface area contributed by atoms with Crippen LogP contribution in [0.2, 0.25) is 0 Å². The molecule has 0 amide bonds. The highest BCUT2D eigenvalue weighted by Crippen LogP contribution is 2.41. The summed E-state index contributed by atoms with van der Waals surface area (Å²) in [5, 5.41) is 10.5. The number of rotatable bonds is 5. The fourth-order valence-electron chi connectivity index (χ4n) is 2.18. The summed E-state index contributed by atoms with van der Waals surface area (Å²) in [7, 11) is 0. The van der Waals surface area contributed by atoms with Crippen molar-refractivity contribution in [2.45, 2.75) is 51.7 Å². The summed E-state index contributed by atoms with van der Waals surface area (Å²) in [6.45, 7) is 5.92. The van der Waals surface area contributed by atoms with Crippen LogP contribution >= 0.6 is 0 Å². The first-order valence-electron chi connectivity index (χ1n) is 6.47. The van der Waals surface area contributed by atoms with E-state index in [0.717, 1.165) is 17.7 Å². The van der Waals surface area contributed by atoms with Gasteiger partial charge in [-0.1, -0.05) is 25.0 Å². The molecule has 0 aliphatic heterocycles. The molecule has 1 atom stereocenters. The second-order valence-electron chi connectivity index (χ2n) is 5.62. The Bertz CT molecular complexity index is 378. The van der Waals surface area contributed by atoms with E-state index in [1.54, 1.807) is 0 Å². The fraction of sp³-hybridized carbons (Fsp3) is 0.600. The van der Waals surface area contributed by atoms with Crippen LogP contribution in [0, 0.1) is 5.92 Å². The number of aliphatic hydroxyl groups is 1. The number of ether oxygens (including phenoxy) is 1. The lowest BCUT2D eigenvalue weighted by Gasteiger charge is -2.24. The van der Waals surface area contributed by atoms with E-state index in [9.17, 15) is 5.11 Å². The average molecular weight is 234 g/mol. The Morgan fingerprint density at radius 1 is 1.41 bits per heavy atom. The van der Waals surface area contributed by atoms with Gasteiger partial charge < -0.3 is 9.84 Å². The van der Waals surface area contributed by atoms with Crippen molar-refractivity contribution in [3.05, 3.63) is 29.8 Å². The Kier molecular flexibility index (Phi) is 3.43. The predicted molar refractivity (Wildman–Crippen MR) is 69.1 cm³/mol. The van der Waals surface area contributed by atoms with Gasteiger partial charge in [0.15, 0.2) is 0 Å². The smallest absolute Gasteiger partial charge is 0.120 e. The van der Waals surface area contributed by atoms with Crippen LogP contribution in [0.4, 0.5) is 0 Å². The highest BCUT2D eigenvalue weighted by molar-refractivity contribution is 5.32. The Morgan fingerprint density at radius 2 is 2.12 bits per heavy atom. The summed E-state index contributed by atoms with van der Waals surface area (Å²) >= 11 is 0. The molecular weight excluding hydrogens is 212 g/mol. The van der Waals surface area contributed by atoms with E-state index in [1.807, 2.05) is 45.0 Å². The maximum absolute atomic E-state index is 10.5. The molecule has 17 heavy (non-hydrogen) atoms. The van der Waals surface area contributed by atoms with E-state index in [1.165, 1.54) is 12.8 Å². The minimum absolute atomic E-state index is 0.165. The molecule has 1 N–H and O–H groups in total. The van der Waals surface area contributed by atoms with Crippen LogP contribution in [-0.2, 0) is 5.60 Å². The number of hydrogen-bond acceptors (Lipinski definition) is 2. The van der Waals surface area contributed by atoms with Gasteiger partial charge in [-0.15, -0.1) is 0 Å². The van der Waals surface area contributed by atoms with Crippen molar-refractivity contribution >= 4 is 0 Å². The third-order valence-electron chi connectivity index (χ3n) is 3.21. The van der Waals surface area contributed by atoms with Gasteiger partial charge >= 0.3 is 0 Å². The molecule has 0 spiro atoms. The lowest BCUT2D eigenvalue weighted by atomic mass is 9.90. The predicted octanol–water partition coefficient (Wildman–Crippen LogP) is 3.48. The molecule has 1 aliphatic carbocycles. The Hall–Kier alpha value is -1.02. The van der Waals surface area contributed by atoms with Crippen molar-refractivity contribution in [3.8, 4) is 5.75 Å². The van der Waals surface area contributed by atoms with Gasteiger partial charge in [0, 0.05) is 0 Å². The van der Waals surface area contributed by atoms with E-state index >= 15 is 0 Å². The molecule has 1 fully saturated rings. The normalized spacial score (nSPS) is 19.1. The molecular formula is C15H22O2. The first-order chi connectivity index (χ1) is 7.97. The maximum atomic E-state index is 10.5. The Morgan fingerprint density at radius 3 is 2.71 bits per heavy atom. The van der Waals surface area contributed by atoms with Gasteiger partial charge in [-0.3, -0.25) is 0 Å². The summed E-state index contributed by atoms with van der Waals surface area (Å²) in [5.74, 6) is 1.55. The lowest BCUT2D eigenvalue weighted by molar-refractivity contribution is 0.0414. The van der Waals surface area contributed by atoms with Crippen LogP contribution in [0.5, 0.6) is 5.75 Å². The molecule has 0 radical (unpaired) electrons. The summed E-state index contributed by atoms with van der Waals surface area (Å²) in [4.78, 5) is 0. The van der Waals surface area contributed by atoms with Gasteiger partial charge in [0.25, 0.3) is 0 Å². The van der Waals surface area contributed by atoms with Gasteiger partial charge in [0.2, 0.25) is 0 Å². The minimum atomic E-state index is -0.725. The molecule has 0 heterocycles. The van der Waals surface area contributed by atoms with Crippen molar-refractivity contribution in [3.63, 3.8) is 0 Å². The van der Waals surface area contributed by atoms with Gasteiger partial charge in [0.1, 0.15) is 5.75 Å². The zero-order valence-electron chi connectivity index (χ0n) is 10.9. The molecule has 0 aromatic heterocycles. The van der Waals surface area contributed by atoms with Crippen molar-refractivity contribution < 1.29 is 9.84 Å². The van der Waals surface area contributed by atoms with E-state index in [2.05, 4.69) is 0 Å². The van der Waals surface area contributed by atoms with Crippen LogP contribution in [0.25, 0.3) is 0 Å². The van der Waals surface area contributed by atoms with Crippen LogP contribution < -0.4 is 4.74 Å². The fourth-order valence-corrected chi connectivity index (χ4v) is 2.18. The van der Waals surface area contributed by atoms with Gasteiger partial charge in [0.05, 0.1) is 11.7 Å². The van der Waals surface area contributed by atoms with Gasteiger partial charge in [-0.05, 0) is 50.8 Å². The minimum Gasteiger partial charge on any atom is -0.491 e. The van der Waals surface area contributed by atoms with E-state index in [-0.39, 0.29) is 6.10 Å². The first kappa shape index (κ1) is 12.4. The van der Waals surface area contributed by atoms with Gasteiger partial charge in [-0.25, -0.2) is 0 Å². The van der Waals surface area contributed by atoms with Crippen LogP contribution in [0.3, 0.4) is 0 Å². The monoisotopic (exact) mass is 234 g/mol. The molecule has 2 heteroatoms. The molecule has 0 saturated heterocycles. The largest absolute Gasteiger partial charge is 0.491 e. The van der Waals surface area contributed by atoms with Crippen LogP contribution in [0.15, 0.2) is 24.3 Å². The third kappa shape index (κ3) is 3.47. The summed E-state index contributed by atoms with van der Waals surface area (Å²) < 4.78 is 5.66. The Labute approximate surface area is 104 Å². The van der Waals surface area contributed by atoms with Crippen molar-refractivity contribution in [2.75, 3.05) is 0 Å². The second kappa shape index (κ2) is 4.69. The third-order valence-corrected chi connectivity index (χ3v) is 3.21. The summed E-state index contributed by atoms with van der Waals surface area (Å²) in [5.41, 5.74) is 0.236. The number of benzene rings is 1. The van der Waals surface area contributed by atoms with E-state index in [4.69, 9.17) is 4.74 Å². The summed E-state index contributed by atoms with van der Waals surface area (Å²) in [6.07, 6.45) is 3.55. The number of hydrogen-bond donors (Lipinski definition) is 1. The standard InChI is InChI=1S/C15H22O2/c1-11(2)17-14-6-4-5-13(9-14)15(3,16)10-12-7-8-12/h4-6,9,11-12,16H,7-8,10H2,1-3H3. The molecule has 1 aliphatic rings. The van der Waals surface area contributed by atoms with E-state index < -0.39 is 5.60 Å². The van der Waals surface area contributed by atoms with Crippen molar-refractivity contribution in [2.24, 2.45) is 5.92 Å². The Balaban J connectivity index is 2.13. The second-order valence-corrected chi connectivity index (χ2v) is 5.62. The summed E-state index contributed by atoms with van der Waals surface area (Å²) in [6, 6.07) is 7.84. The van der Waals surface area contributed by atoms with Gasteiger partial charge in [-0.2, -0.15) is 0 Å². The SMILES string of the molecule is CC(C)Oc1cccc(C(C)(O)CC2CC2)c1. The van der Waals surface area contributed by atoms with Crippen LogP contribution in [0.1, 0.15) is 45.6 Å². The van der Waals surface area contributed by atoms with E-state index in [0.29, 0.717) is 5.92 Å².